The number of aromatic nitrogens is 2. The monoisotopic (exact) mass is 207 g/mol. The van der Waals surface area contributed by atoms with Crippen LogP contribution in [-0.4, -0.2) is 14.8 Å². The van der Waals surface area contributed by atoms with E-state index in [1.807, 2.05) is 24.5 Å². The lowest BCUT2D eigenvalue weighted by molar-refractivity contribution is -0.990. The Balaban J connectivity index is 2.77. The van der Waals surface area contributed by atoms with Crippen molar-refractivity contribution >= 4 is 16.7 Å². The fourth-order valence-corrected chi connectivity index (χ4v) is 1.83. The summed E-state index contributed by atoms with van der Waals surface area (Å²) in [5, 5.41) is 19.1. The largest absolute Gasteiger partial charge is 0.595 e. The molecule has 2 N–H and O–H groups in total. The van der Waals surface area contributed by atoms with Crippen LogP contribution >= 0.6 is 0 Å². The average molecular weight is 207 g/mol. The summed E-state index contributed by atoms with van der Waals surface area (Å²) >= 11 is 0. The van der Waals surface area contributed by atoms with Crippen molar-refractivity contribution in [3.63, 3.8) is 0 Å². The number of imidazole rings is 1. The van der Waals surface area contributed by atoms with Gasteiger partial charge >= 0.3 is 0 Å². The first-order valence-corrected chi connectivity index (χ1v) is 4.84. The first kappa shape index (κ1) is 10.1. The van der Waals surface area contributed by atoms with Crippen LogP contribution in [-0.2, 0) is 6.54 Å². The van der Waals surface area contributed by atoms with Crippen molar-refractivity contribution < 1.29 is 10.4 Å². The number of aryl methyl sites for hydroxylation is 2. The van der Waals surface area contributed by atoms with Gasteiger partial charge in [-0.05, 0) is 19.9 Å². The van der Waals surface area contributed by atoms with E-state index in [1.165, 1.54) is 0 Å². The van der Waals surface area contributed by atoms with E-state index in [9.17, 15) is 5.21 Å². The Kier molecular flexibility index (Phi) is 2.44. The smallest absolute Gasteiger partial charge is 0.191 e. The zero-order chi connectivity index (χ0) is 11.0. The minimum Gasteiger partial charge on any atom is -0.595 e. The van der Waals surface area contributed by atoms with Crippen LogP contribution in [0.25, 0.3) is 11.0 Å². The SMILES string of the molecule is CCn1c(C)nc2c([NH+]([O-])O)cccc21. The molecular weight excluding hydrogens is 194 g/mol. The summed E-state index contributed by atoms with van der Waals surface area (Å²) in [6, 6.07) is 5.22. The Labute approximate surface area is 87.1 Å². The van der Waals surface area contributed by atoms with Crippen LogP contribution in [0.4, 0.5) is 5.69 Å². The normalized spacial score (nSPS) is 13.3. The van der Waals surface area contributed by atoms with Gasteiger partial charge in [-0.2, -0.15) is 5.23 Å². The molecule has 0 aliphatic rings. The van der Waals surface area contributed by atoms with Gasteiger partial charge in [0.25, 0.3) is 0 Å². The predicted octanol–water partition coefficient (Wildman–Crippen LogP) is 0.768. The summed E-state index contributed by atoms with van der Waals surface area (Å²) in [6.45, 7) is 4.70. The molecular formula is C10H13N3O2. The fourth-order valence-electron chi connectivity index (χ4n) is 1.83. The van der Waals surface area contributed by atoms with Gasteiger partial charge < -0.3 is 9.77 Å². The molecule has 5 nitrogen and oxygen atoms in total. The standard InChI is InChI=1S/C10H13N3O2/c1-3-12-7(2)11-10-8(12)5-4-6-9(10)13(14)15/h4-6,13-14H,3H2,1-2H3. The van der Waals surface area contributed by atoms with E-state index >= 15 is 0 Å². The molecule has 0 saturated carbocycles. The van der Waals surface area contributed by atoms with E-state index in [1.54, 1.807) is 12.1 Å². The van der Waals surface area contributed by atoms with Crippen molar-refractivity contribution in [3.8, 4) is 0 Å². The fraction of sp³-hybridized carbons (Fsp3) is 0.300. The van der Waals surface area contributed by atoms with Crippen molar-refractivity contribution in [1.82, 2.24) is 9.55 Å². The Hall–Kier alpha value is -1.43. The molecule has 15 heavy (non-hydrogen) atoms. The predicted molar refractivity (Wildman–Crippen MR) is 55.9 cm³/mol. The maximum Gasteiger partial charge on any atom is 0.191 e. The Morgan fingerprint density at radius 2 is 2.27 bits per heavy atom. The van der Waals surface area contributed by atoms with E-state index in [2.05, 4.69) is 4.98 Å². The zero-order valence-electron chi connectivity index (χ0n) is 8.69. The summed E-state index contributed by atoms with van der Waals surface area (Å²) in [7, 11) is 0. The molecule has 2 rings (SSSR count). The molecule has 1 atom stereocenters. The Morgan fingerprint density at radius 1 is 1.53 bits per heavy atom. The lowest BCUT2D eigenvalue weighted by Crippen LogP contribution is -2.99. The summed E-state index contributed by atoms with van der Waals surface area (Å²) in [4.78, 5) is 4.29. The van der Waals surface area contributed by atoms with E-state index in [-0.39, 0.29) is 5.69 Å². The second-order valence-electron chi connectivity index (χ2n) is 3.38. The summed E-state index contributed by atoms with van der Waals surface area (Å²) in [5.41, 5.74) is 1.72. The van der Waals surface area contributed by atoms with Gasteiger partial charge in [0.1, 0.15) is 5.82 Å². The van der Waals surface area contributed by atoms with Crippen LogP contribution in [0, 0.1) is 12.1 Å². The van der Waals surface area contributed by atoms with E-state index < -0.39 is 5.23 Å². The molecule has 1 unspecified atom stereocenters. The minimum absolute atomic E-state index is 0.266. The third kappa shape index (κ3) is 1.50. The van der Waals surface area contributed by atoms with Gasteiger partial charge in [0, 0.05) is 12.6 Å². The number of nitrogens with zero attached hydrogens (tertiary/aromatic N) is 2. The molecule has 0 amide bonds. The molecule has 1 aromatic carbocycles. The number of hydrogen-bond acceptors (Lipinski definition) is 3. The number of hydrogen-bond donors (Lipinski definition) is 2. The lowest BCUT2D eigenvalue weighted by Gasteiger charge is -2.11. The van der Waals surface area contributed by atoms with Crippen LogP contribution in [0.3, 0.4) is 0 Å². The molecule has 1 heterocycles. The average Bonchev–Trinajstić information content (AvgIpc) is 2.52. The van der Waals surface area contributed by atoms with Crippen LogP contribution in [0.5, 0.6) is 0 Å². The second-order valence-corrected chi connectivity index (χ2v) is 3.38. The summed E-state index contributed by atoms with van der Waals surface area (Å²) in [5.74, 6) is 0.848. The number of para-hydroxylation sites is 1. The Morgan fingerprint density at radius 3 is 2.87 bits per heavy atom. The quantitative estimate of drug-likeness (QED) is 0.715. The maximum absolute atomic E-state index is 11.0. The van der Waals surface area contributed by atoms with Crippen LogP contribution < -0.4 is 5.23 Å². The van der Waals surface area contributed by atoms with E-state index in [0.29, 0.717) is 5.52 Å². The first-order valence-electron chi connectivity index (χ1n) is 4.84. The molecule has 0 aliphatic heterocycles. The first-order chi connectivity index (χ1) is 7.15. The summed E-state index contributed by atoms with van der Waals surface area (Å²) in [6.07, 6.45) is 0. The molecule has 0 radical (unpaired) electrons. The molecule has 0 spiro atoms. The minimum atomic E-state index is -0.929. The van der Waals surface area contributed by atoms with Gasteiger partial charge in [0.2, 0.25) is 0 Å². The Bertz CT molecular complexity index is 491. The van der Waals surface area contributed by atoms with Gasteiger partial charge in [0.15, 0.2) is 11.2 Å². The number of rotatable bonds is 2. The van der Waals surface area contributed by atoms with E-state index in [4.69, 9.17) is 5.21 Å². The van der Waals surface area contributed by atoms with Gasteiger partial charge in [-0.1, -0.05) is 6.07 Å². The van der Waals surface area contributed by atoms with Gasteiger partial charge in [-0.25, -0.2) is 10.2 Å². The highest BCUT2D eigenvalue weighted by molar-refractivity contribution is 5.85. The van der Waals surface area contributed by atoms with Crippen molar-refractivity contribution in [2.24, 2.45) is 0 Å². The highest BCUT2D eigenvalue weighted by Crippen LogP contribution is 2.20. The molecule has 80 valence electrons. The van der Waals surface area contributed by atoms with Crippen LogP contribution in [0.15, 0.2) is 18.2 Å². The van der Waals surface area contributed by atoms with Gasteiger partial charge in [0.05, 0.1) is 5.52 Å². The van der Waals surface area contributed by atoms with Crippen molar-refractivity contribution in [2.45, 2.75) is 20.4 Å². The molecule has 5 heteroatoms. The zero-order valence-corrected chi connectivity index (χ0v) is 8.69. The van der Waals surface area contributed by atoms with Crippen molar-refractivity contribution in [2.75, 3.05) is 0 Å². The van der Waals surface area contributed by atoms with Crippen LogP contribution in [0.1, 0.15) is 12.7 Å². The third-order valence-electron chi connectivity index (χ3n) is 2.52. The number of quaternary nitrogens is 1. The summed E-state index contributed by atoms with van der Waals surface area (Å²) < 4.78 is 2.00. The second kappa shape index (κ2) is 3.62. The molecule has 0 bridgehead atoms. The lowest BCUT2D eigenvalue weighted by atomic mass is 10.2. The van der Waals surface area contributed by atoms with Gasteiger partial charge in [-0.3, -0.25) is 0 Å². The third-order valence-corrected chi connectivity index (χ3v) is 2.52. The van der Waals surface area contributed by atoms with Crippen molar-refractivity contribution in [3.05, 3.63) is 29.2 Å². The van der Waals surface area contributed by atoms with Gasteiger partial charge in [-0.15, -0.1) is 0 Å². The highest BCUT2D eigenvalue weighted by Gasteiger charge is 2.13. The van der Waals surface area contributed by atoms with Crippen LogP contribution in [0.2, 0.25) is 0 Å². The number of benzene rings is 1. The molecule has 0 saturated heterocycles. The van der Waals surface area contributed by atoms with E-state index in [0.717, 1.165) is 17.9 Å². The molecule has 1 aromatic heterocycles. The van der Waals surface area contributed by atoms with Crippen molar-refractivity contribution in [1.29, 1.82) is 0 Å². The number of nitrogens with one attached hydrogen (secondary N) is 1. The highest BCUT2D eigenvalue weighted by atomic mass is 16.8. The molecule has 0 fully saturated rings. The maximum atomic E-state index is 11.0. The number of fused-ring (bicyclic) bond motifs is 1. The molecule has 2 aromatic rings. The molecule has 0 aliphatic carbocycles. The topological polar surface area (TPSA) is 65.5 Å².